The number of hydrogen-bond donors (Lipinski definition) is 0. The molecule has 12 aromatic rings. The molecule has 0 unspecified atom stereocenters. The van der Waals surface area contributed by atoms with Crippen LogP contribution in [0.1, 0.15) is 101 Å². The van der Waals surface area contributed by atoms with Crippen LogP contribution in [0, 0.1) is 18.7 Å². The first-order chi connectivity index (χ1) is 38.4. The maximum Gasteiger partial charge on any atom is 2.00 e. The van der Waals surface area contributed by atoms with Crippen LogP contribution in [0.15, 0.2) is 200 Å². The van der Waals surface area contributed by atoms with Crippen LogP contribution in [-0.2, 0) is 21.1 Å². The molecule has 6 nitrogen and oxygen atoms in total. The Bertz CT molecular complexity index is 4240. The van der Waals surface area contributed by atoms with Gasteiger partial charge in [-0.2, -0.15) is 0 Å². The Kier molecular flexibility index (Phi) is 14.9. The smallest absolute Gasteiger partial charge is 0.496 e. The van der Waals surface area contributed by atoms with Crippen LogP contribution in [0.4, 0.5) is 5.69 Å². The van der Waals surface area contributed by atoms with Crippen molar-refractivity contribution in [3.8, 4) is 79.0 Å². The number of rotatable bonds is 13. The summed E-state index contributed by atoms with van der Waals surface area (Å²) >= 11 is 0. The van der Waals surface area contributed by atoms with Gasteiger partial charge in [0.1, 0.15) is 0 Å². The summed E-state index contributed by atoms with van der Waals surface area (Å²) in [6.07, 6.45) is 0. The molecule has 0 aliphatic carbocycles. The summed E-state index contributed by atoms with van der Waals surface area (Å²) in [7, 11) is 0. The minimum Gasteiger partial charge on any atom is -0.496 e. The molecule has 2 heterocycles. The predicted molar refractivity (Wildman–Crippen MR) is 327 cm³/mol. The number of ether oxygens (including phenoxy) is 1. The van der Waals surface area contributed by atoms with Crippen molar-refractivity contribution in [1.29, 1.82) is 0 Å². The number of benzene rings is 10. The summed E-state index contributed by atoms with van der Waals surface area (Å²) in [5.41, 5.74) is 20.1. The molecule has 80 heavy (non-hydrogen) atoms. The Morgan fingerprint density at radius 3 is 1.49 bits per heavy atom. The fraction of sp³-hybridized carbons (Fsp3) is 0.164. The van der Waals surface area contributed by atoms with Gasteiger partial charge in [-0.15, -0.1) is 35.4 Å². The van der Waals surface area contributed by atoms with Gasteiger partial charge < -0.3 is 13.9 Å². The van der Waals surface area contributed by atoms with E-state index >= 15 is 0 Å². The maximum atomic E-state index is 7.60. The molecule has 7 heteroatoms. The van der Waals surface area contributed by atoms with Crippen molar-refractivity contribution in [1.82, 2.24) is 19.1 Å². The average molecular weight is 1220 g/mol. The normalized spacial score (nSPS) is 11.6. The zero-order valence-electron chi connectivity index (χ0n) is 46.3. The monoisotopic (exact) mass is 1220 g/mol. The number of aromatic nitrogens is 4. The zero-order chi connectivity index (χ0) is 54.5. The van der Waals surface area contributed by atoms with Gasteiger partial charge >= 0.3 is 21.1 Å². The molecule has 10 aromatic carbocycles. The number of nitrogens with zero attached hydrogens (tertiary/aromatic N) is 5. The van der Waals surface area contributed by atoms with Crippen molar-refractivity contribution < 1.29 is 25.8 Å². The molecule has 2 aromatic heterocycles. The van der Waals surface area contributed by atoms with Crippen molar-refractivity contribution in [3.63, 3.8) is 0 Å². The van der Waals surface area contributed by atoms with Crippen LogP contribution in [0.3, 0.4) is 0 Å². The molecule has 0 aliphatic heterocycles. The second-order valence-electron chi connectivity index (χ2n) is 21.9. The molecule has 0 spiro atoms. The second-order valence-corrected chi connectivity index (χ2v) is 21.9. The second kappa shape index (κ2) is 22.3. The van der Waals surface area contributed by atoms with Gasteiger partial charge in [0.25, 0.3) is 0 Å². The van der Waals surface area contributed by atoms with E-state index in [-0.39, 0.29) is 44.7 Å². The van der Waals surface area contributed by atoms with Crippen molar-refractivity contribution in [2.75, 3.05) is 0 Å². The summed E-state index contributed by atoms with van der Waals surface area (Å²) < 4.78 is 11.8. The predicted octanol–water partition coefficient (Wildman–Crippen LogP) is 20.3. The first-order valence-corrected chi connectivity index (χ1v) is 27.5. The van der Waals surface area contributed by atoms with Gasteiger partial charge in [-0.3, -0.25) is 9.97 Å². The Morgan fingerprint density at radius 1 is 0.425 bits per heavy atom. The van der Waals surface area contributed by atoms with Gasteiger partial charge in [0.05, 0.1) is 46.0 Å². The van der Waals surface area contributed by atoms with E-state index in [1.165, 1.54) is 44.5 Å². The van der Waals surface area contributed by atoms with Gasteiger partial charge in [0.2, 0.25) is 0 Å². The van der Waals surface area contributed by atoms with E-state index in [0.29, 0.717) is 17.2 Å². The van der Waals surface area contributed by atoms with E-state index in [9.17, 15) is 0 Å². The molecule has 0 saturated carbocycles. The number of para-hydroxylation sites is 2. The van der Waals surface area contributed by atoms with Gasteiger partial charge in [0, 0.05) is 17.1 Å². The Morgan fingerprint density at radius 2 is 0.912 bits per heavy atom. The summed E-state index contributed by atoms with van der Waals surface area (Å²) in [5.74, 6) is 3.46. The van der Waals surface area contributed by atoms with Crippen LogP contribution in [0.5, 0.6) is 11.5 Å². The number of imidazole rings is 2. The van der Waals surface area contributed by atoms with Crippen LogP contribution in [0.2, 0.25) is 0 Å². The molecule has 0 saturated heterocycles. The fourth-order valence-electron chi connectivity index (χ4n) is 11.2. The average Bonchev–Trinajstić information content (AvgIpc) is 4.08. The van der Waals surface area contributed by atoms with Crippen LogP contribution < -0.4 is 4.74 Å². The largest absolute Gasteiger partial charge is 2.00 e. The van der Waals surface area contributed by atoms with Gasteiger partial charge in [0.15, 0.2) is 5.69 Å². The van der Waals surface area contributed by atoms with Crippen molar-refractivity contribution in [3.05, 3.63) is 246 Å². The Hall–Kier alpha value is -8.62. The summed E-state index contributed by atoms with van der Waals surface area (Å²) in [4.78, 5) is 14.6. The standard InChI is InChI=1S/C73H61N5O.Pt/c1-45(2)61-39-55(49-21-12-10-13-22-49)40-62(46(3)4)70(61)77-67-30-19-18-29-65(67)75-72(77)54-26-20-27-59(38-54)79-69-44-57(37-53-25-16-17-28-60(53)69)73-76-66-36-33-52(51-31-34-58(74-9)35-32-51)43-68(66)78(73)71-63(47(5)6)41-56(42-64(71)48(7)8)50-23-14-11-15-24-50;/h10-37,39-43,45-48H,1-8H3;/q-2;+2. The molecule has 0 N–H and O–H groups in total. The van der Waals surface area contributed by atoms with Crippen molar-refractivity contribution in [2.45, 2.75) is 79.1 Å². The molecule has 0 fully saturated rings. The molecule has 394 valence electrons. The van der Waals surface area contributed by atoms with Crippen LogP contribution in [-0.4, -0.2) is 19.1 Å². The van der Waals surface area contributed by atoms with E-state index in [1.54, 1.807) is 0 Å². The molecule has 0 aliphatic rings. The van der Waals surface area contributed by atoms with E-state index in [0.717, 1.165) is 78.1 Å². The minimum absolute atomic E-state index is 0. The summed E-state index contributed by atoms with van der Waals surface area (Å²) in [6.45, 7) is 25.9. The third-order valence-electron chi connectivity index (χ3n) is 15.2. The first-order valence-electron chi connectivity index (χ1n) is 27.5. The number of fused-ring (bicyclic) bond motifs is 3. The molecule has 0 atom stereocenters. The Balaban J connectivity index is 0.00000675. The topological polar surface area (TPSA) is 49.2 Å². The van der Waals surface area contributed by atoms with E-state index in [4.69, 9.17) is 21.3 Å². The van der Waals surface area contributed by atoms with Crippen molar-refractivity contribution >= 4 is 38.5 Å². The molecule has 12 rings (SSSR count). The number of hydrogen-bond acceptors (Lipinski definition) is 3. The van der Waals surface area contributed by atoms with Crippen LogP contribution in [0.25, 0.3) is 105 Å². The maximum absolute atomic E-state index is 7.60. The zero-order valence-corrected chi connectivity index (χ0v) is 48.6. The summed E-state index contributed by atoms with van der Waals surface area (Å²) in [6, 6.07) is 77.8. The van der Waals surface area contributed by atoms with Gasteiger partial charge in [-0.05, 0) is 128 Å². The van der Waals surface area contributed by atoms with Crippen LogP contribution >= 0.6 is 0 Å². The quantitative estimate of drug-likeness (QED) is 0.108. The first kappa shape index (κ1) is 53.4. The fourth-order valence-corrected chi connectivity index (χ4v) is 11.2. The molecule has 0 bridgehead atoms. The minimum atomic E-state index is 0. The van der Waals surface area contributed by atoms with Gasteiger partial charge in [-0.25, -0.2) is 4.85 Å². The SMILES string of the molecule is [C-]#[N+]c1ccc(-c2ccc3nc(-c4[c-]c(Oc5[c-]c(-c6nc7ccccc7n6-c6c(C(C)C)cc(-c7ccccc7)cc6C(C)C)ccc5)c5ccccc5c4)n(-c4c(C(C)C)cc(-c5ccccc5)cc4C(C)C)c3c2)cc1.[Pt+2]. The molecular formula is C73H61N5OPt. The Labute approximate surface area is 484 Å². The van der Waals surface area contributed by atoms with E-state index in [2.05, 4.69) is 239 Å². The summed E-state index contributed by atoms with van der Waals surface area (Å²) in [5, 5.41) is 1.92. The molecular weight excluding hydrogens is 1160 g/mol. The third-order valence-corrected chi connectivity index (χ3v) is 15.2. The van der Waals surface area contributed by atoms with E-state index < -0.39 is 0 Å². The van der Waals surface area contributed by atoms with E-state index in [1.807, 2.05) is 42.5 Å². The molecule has 0 amide bonds. The molecule has 0 radical (unpaired) electrons. The van der Waals surface area contributed by atoms with Gasteiger partial charge in [-0.1, -0.05) is 206 Å². The van der Waals surface area contributed by atoms with Crippen molar-refractivity contribution in [2.24, 2.45) is 0 Å². The third kappa shape index (κ3) is 9.97.